The standard InChI is InChI=1S/C13H16N2O2/c1-9-7-11(12(14)16)15(13(9)17)8-10-5-3-2-4-6-10/h2-6,9,11H,7-8H2,1H3,(H2,14,16). The summed E-state index contributed by atoms with van der Waals surface area (Å²) in [5.41, 5.74) is 6.35. The van der Waals surface area contributed by atoms with E-state index in [1.54, 1.807) is 4.90 Å². The minimum absolute atomic E-state index is 0.0117. The Morgan fingerprint density at radius 1 is 1.41 bits per heavy atom. The Morgan fingerprint density at radius 3 is 2.65 bits per heavy atom. The molecule has 1 aromatic rings. The predicted octanol–water partition coefficient (Wildman–Crippen LogP) is 0.909. The number of hydrogen-bond donors (Lipinski definition) is 1. The molecule has 2 atom stereocenters. The molecule has 0 aromatic heterocycles. The van der Waals surface area contributed by atoms with Crippen LogP contribution < -0.4 is 5.73 Å². The first kappa shape index (κ1) is 11.6. The van der Waals surface area contributed by atoms with E-state index in [4.69, 9.17) is 5.73 Å². The van der Waals surface area contributed by atoms with Crippen LogP contribution >= 0.6 is 0 Å². The van der Waals surface area contributed by atoms with Crippen LogP contribution in [0.15, 0.2) is 30.3 Å². The molecule has 2 amide bonds. The molecule has 2 rings (SSSR count). The highest BCUT2D eigenvalue weighted by Gasteiger charge is 2.39. The van der Waals surface area contributed by atoms with Crippen molar-refractivity contribution in [3.8, 4) is 0 Å². The van der Waals surface area contributed by atoms with E-state index in [9.17, 15) is 9.59 Å². The van der Waals surface area contributed by atoms with Crippen LogP contribution in [0.25, 0.3) is 0 Å². The summed E-state index contributed by atoms with van der Waals surface area (Å²) in [5.74, 6) is -0.521. The Morgan fingerprint density at radius 2 is 2.06 bits per heavy atom. The van der Waals surface area contributed by atoms with E-state index in [1.165, 1.54) is 0 Å². The third kappa shape index (κ3) is 2.30. The van der Waals surface area contributed by atoms with Crippen molar-refractivity contribution in [1.82, 2.24) is 4.90 Å². The zero-order chi connectivity index (χ0) is 12.4. The number of nitrogens with two attached hydrogens (primary N) is 1. The molecule has 1 heterocycles. The van der Waals surface area contributed by atoms with Crippen LogP contribution in [-0.4, -0.2) is 22.8 Å². The monoisotopic (exact) mass is 232 g/mol. The number of benzene rings is 1. The molecule has 0 radical (unpaired) electrons. The number of likely N-dealkylation sites (tertiary alicyclic amines) is 1. The topological polar surface area (TPSA) is 63.4 Å². The molecule has 1 aliphatic rings. The van der Waals surface area contributed by atoms with E-state index in [2.05, 4.69) is 0 Å². The van der Waals surface area contributed by atoms with Crippen LogP contribution in [0.5, 0.6) is 0 Å². The molecule has 2 unspecified atom stereocenters. The summed E-state index contributed by atoms with van der Waals surface area (Å²) >= 11 is 0. The highest BCUT2D eigenvalue weighted by Crippen LogP contribution is 2.25. The van der Waals surface area contributed by atoms with Crippen LogP contribution in [0, 0.1) is 5.92 Å². The Balaban J connectivity index is 2.18. The molecule has 1 saturated heterocycles. The van der Waals surface area contributed by atoms with Gasteiger partial charge in [-0.1, -0.05) is 37.3 Å². The molecule has 1 fully saturated rings. The van der Waals surface area contributed by atoms with Crippen LogP contribution in [0.2, 0.25) is 0 Å². The van der Waals surface area contributed by atoms with Gasteiger partial charge in [-0.15, -0.1) is 0 Å². The van der Waals surface area contributed by atoms with Crippen molar-refractivity contribution >= 4 is 11.8 Å². The van der Waals surface area contributed by atoms with E-state index in [0.717, 1.165) is 5.56 Å². The number of carbonyl (C=O) groups is 2. The molecule has 1 aliphatic heterocycles. The molecular weight excluding hydrogens is 216 g/mol. The number of primary amides is 1. The molecule has 0 saturated carbocycles. The Bertz CT molecular complexity index is 430. The van der Waals surface area contributed by atoms with Gasteiger partial charge in [0.15, 0.2) is 0 Å². The molecule has 0 bridgehead atoms. The summed E-state index contributed by atoms with van der Waals surface area (Å²) in [4.78, 5) is 24.8. The van der Waals surface area contributed by atoms with Gasteiger partial charge in [0.05, 0.1) is 0 Å². The average Bonchev–Trinajstić information content (AvgIpc) is 2.59. The summed E-state index contributed by atoms with van der Waals surface area (Å²) in [5, 5.41) is 0. The zero-order valence-electron chi connectivity index (χ0n) is 9.80. The number of carbonyl (C=O) groups excluding carboxylic acids is 2. The largest absolute Gasteiger partial charge is 0.368 e. The number of rotatable bonds is 3. The maximum Gasteiger partial charge on any atom is 0.240 e. The van der Waals surface area contributed by atoms with Gasteiger partial charge < -0.3 is 10.6 Å². The Kier molecular flexibility index (Phi) is 3.13. The molecule has 0 spiro atoms. The molecule has 0 aliphatic carbocycles. The summed E-state index contributed by atoms with van der Waals surface area (Å²) < 4.78 is 0. The van der Waals surface area contributed by atoms with Gasteiger partial charge in [0.2, 0.25) is 11.8 Å². The molecule has 1 aromatic carbocycles. The van der Waals surface area contributed by atoms with Crippen LogP contribution in [0.4, 0.5) is 0 Å². The normalized spacial score (nSPS) is 24.1. The van der Waals surface area contributed by atoms with E-state index < -0.39 is 11.9 Å². The highest BCUT2D eigenvalue weighted by atomic mass is 16.2. The van der Waals surface area contributed by atoms with Crippen LogP contribution in [-0.2, 0) is 16.1 Å². The van der Waals surface area contributed by atoms with Crippen LogP contribution in [0.1, 0.15) is 18.9 Å². The van der Waals surface area contributed by atoms with Gasteiger partial charge in [-0.2, -0.15) is 0 Å². The molecular formula is C13H16N2O2. The van der Waals surface area contributed by atoms with Crippen molar-refractivity contribution in [2.45, 2.75) is 25.9 Å². The molecule has 17 heavy (non-hydrogen) atoms. The second-order valence-electron chi connectivity index (χ2n) is 4.51. The average molecular weight is 232 g/mol. The smallest absolute Gasteiger partial charge is 0.240 e. The second kappa shape index (κ2) is 4.57. The fourth-order valence-corrected chi connectivity index (χ4v) is 2.24. The van der Waals surface area contributed by atoms with Crippen molar-refractivity contribution < 1.29 is 9.59 Å². The molecule has 4 nitrogen and oxygen atoms in total. The second-order valence-corrected chi connectivity index (χ2v) is 4.51. The van der Waals surface area contributed by atoms with Crippen molar-refractivity contribution in [3.05, 3.63) is 35.9 Å². The fraction of sp³-hybridized carbons (Fsp3) is 0.385. The third-order valence-corrected chi connectivity index (χ3v) is 3.18. The number of nitrogens with zero attached hydrogens (tertiary/aromatic N) is 1. The number of hydrogen-bond acceptors (Lipinski definition) is 2. The first-order valence-corrected chi connectivity index (χ1v) is 5.73. The third-order valence-electron chi connectivity index (χ3n) is 3.18. The van der Waals surface area contributed by atoms with Gasteiger partial charge in [-0.3, -0.25) is 9.59 Å². The summed E-state index contributed by atoms with van der Waals surface area (Å²) in [7, 11) is 0. The SMILES string of the molecule is CC1CC(C(N)=O)N(Cc2ccccc2)C1=O. The summed E-state index contributed by atoms with van der Waals surface area (Å²) in [6, 6.07) is 9.17. The Labute approximate surface area is 100 Å². The van der Waals surface area contributed by atoms with E-state index in [0.29, 0.717) is 13.0 Å². The quantitative estimate of drug-likeness (QED) is 0.841. The van der Waals surface area contributed by atoms with Crippen molar-refractivity contribution in [1.29, 1.82) is 0 Å². The van der Waals surface area contributed by atoms with Crippen molar-refractivity contribution in [2.24, 2.45) is 11.7 Å². The van der Waals surface area contributed by atoms with Crippen LogP contribution in [0.3, 0.4) is 0 Å². The highest BCUT2D eigenvalue weighted by molar-refractivity contribution is 5.91. The Hall–Kier alpha value is -1.84. The predicted molar refractivity (Wildman–Crippen MR) is 63.8 cm³/mol. The van der Waals surface area contributed by atoms with Gasteiger partial charge in [0.25, 0.3) is 0 Å². The van der Waals surface area contributed by atoms with Crippen molar-refractivity contribution in [2.75, 3.05) is 0 Å². The zero-order valence-corrected chi connectivity index (χ0v) is 9.80. The van der Waals surface area contributed by atoms with Gasteiger partial charge in [0.1, 0.15) is 6.04 Å². The lowest BCUT2D eigenvalue weighted by Crippen LogP contribution is -2.41. The van der Waals surface area contributed by atoms with Gasteiger partial charge in [-0.25, -0.2) is 0 Å². The van der Waals surface area contributed by atoms with E-state index >= 15 is 0 Å². The van der Waals surface area contributed by atoms with Crippen molar-refractivity contribution in [3.63, 3.8) is 0 Å². The van der Waals surface area contributed by atoms with E-state index in [1.807, 2.05) is 37.3 Å². The van der Waals surface area contributed by atoms with E-state index in [-0.39, 0.29) is 11.8 Å². The minimum atomic E-state index is -0.460. The molecule has 4 heteroatoms. The molecule has 2 N–H and O–H groups in total. The lowest BCUT2D eigenvalue weighted by Gasteiger charge is -2.22. The number of amides is 2. The molecule has 90 valence electrons. The maximum atomic E-state index is 11.9. The fourth-order valence-electron chi connectivity index (χ4n) is 2.24. The lowest BCUT2D eigenvalue weighted by molar-refractivity contribution is -0.136. The van der Waals surface area contributed by atoms with Gasteiger partial charge >= 0.3 is 0 Å². The lowest BCUT2D eigenvalue weighted by atomic mass is 10.1. The first-order chi connectivity index (χ1) is 8.09. The summed E-state index contributed by atoms with van der Waals surface area (Å²) in [6.45, 7) is 2.29. The van der Waals surface area contributed by atoms with Gasteiger partial charge in [-0.05, 0) is 12.0 Å². The van der Waals surface area contributed by atoms with Gasteiger partial charge in [0, 0.05) is 12.5 Å². The first-order valence-electron chi connectivity index (χ1n) is 5.73. The maximum absolute atomic E-state index is 11.9. The summed E-state index contributed by atoms with van der Waals surface area (Å²) in [6.07, 6.45) is 0.529. The minimum Gasteiger partial charge on any atom is -0.368 e.